The van der Waals surface area contributed by atoms with Crippen molar-refractivity contribution >= 4 is 34.8 Å². The second-order valence-electron chi connectivity index (χ2n) is 15.1. The highest BCUT2D eigenvalue weighted by atomic mass is 32.1. The third kappa shape index (κ3) is 6.49. The number of ether oxygens (including phenoxy) is 2. The summed E-state index contributed by atoms with van der Waals surface area (Å²) in [4.78, 5) is 45.1. The zero-order valence-corrected chi connectivity index (χ0v) is 29.1. The Morgan fingerprint density at radius 3 is 2.26 bits per heavy atom. The summed E-state index contributed by atoms with van der Waals surface area (Å²) in [5.74, 6) is 0.810. The number of imidazole rings is 1. The van der Waals surface area contributed by atoms with Crippen LogP contribution in [0.1, 0.15) is 102 Å². The summed E-state index contributed by atoms with van der Waals surface area (Å²) >= 11 is 1.85. The first-order chi connectivity index (χ1) is 22.3. The number of hydrogen-bond donors (Lipinski definition) is 1. The second-order valence-corrected chi connectivity index (χ2v) is 16.2. The van der Waals surface area contributed by atoms with Crippen LogP contribution in [0.15, 0.2) is 41.7 Å². The topological polar surface area (TPSA) is 100 Å². The highest BCUT2D eigenvalue weighted by Crippen LogP contribution is 2.44. The molecule has 3 aliphatic heterocycles. The van der Waals surface area contributed by atoms with Gasteiger partial charge in [-0.25, -0.2) is 14.6 Å². The lowest BCUT2D eigenvalue weighted by Gasteiger charge is -2.28. The highest BCUT2D eigenvalue weighted by molar-refractivity contribution is 7.16. The van der Waals surface area contributed by atoms with Crippen molar-refractivity contribution in [3.63, 3.8) is 0 Å². The Hall–Kier alpha value is -3.92. The first-order valence-corrected chi connectivity index (χ1v) is 17.7. The number of aliphatic imine (C=N–C) groups is 1. The molecule has 0 spiro atoms. The molecule has 248 valence electrons. The number of rotatable bonds is 4. The van der Waals surface area contributed by atoms with Crippen LogP contribution in [0, 0.1) is 0 Å². The lowest BCUT2D eigenvalue weighted by molar-refractivity contribution is 0.0216. The van der Waals surface area contributed by atoms with Crippen LogP contribution in [0.3, 0.4) is 0 Å². The molecule has 1 aliphatic carbocycles. The Morgan fingerprint density at radius 2 is 1.55 bits per heavy atom. The fraction of sp³-hybridized carbons (Fsp3) is 0.514. The number of carbonyl (C=O) groups is 2. The van der Waals surface area contributed by atoms with Crippen molar-refractivity contribution in [2.75, 3.05) is 13.1 Å². The third-order valence-electron chi connectivity index (χ3n) is 9.27. The van der Waals surface area contributed by atoms with E-state index in [0.717, 1.165) is 67.7 Å². The van der Waals surface area contributed by atoms with E-state index in [1.165, 1.54) is 32.0 Å². The van der Waals surface area contributed by atoms with Crippen LogP contribution in [-0.4, -0.2) is 68.0 Å². The van der Waals surface area contributed by atoms with Crippen molar-refractivity contribution in [1.29, 1.82) is 0 Å². The number of allylic oxidation sites excluding steroid dienone is 1. The van der Waals surface area contributed by atoms with Crippen LogP contribution in [0.4, 0.5) is 9.59 Å². The first-order valence-electron chi connectivity index (χ1n) is 16.9. The molecule has 3 aromatic rings. The number of nitrogens with one attached hydrogen (secondary N) is 1. The number of H-pyrrole nitrogens is 1. The van der Waals surface area contributed by atoms with Gasteiger partial charge < -0.3 is 14.5 Å². The maximum absolute atomic E-state index is 12.9. The zero-order chi connectivity index (χ0) is 33.1. The molecule has 10 heteroatoms. The zero-order valence-electron chi connectivity index (χ0n) is 28.3. The van der Waals surface area contributed by atoms with Gasteiger partial charge in [-0.05, 0) is 120 Å². The predicted molar refractivity (Wildman–Crippen MR) is 186 cm³/mol. The molecule has 9 nitrogen and oxygen atoms in total. The number of hydrogen-bond acceptors (Lipinski definition) is 7. The standard InChI is InChI=1S/C37H45N5O4S/c1-36(2,3)45-34(43)41-15-7-9-29(41)27-18-25(20-38-27)31-19-24-12-11-22-17-23(13-14-26(22)32(24)47-31)28-21-39-33(40-28)30-10-8-16-42(30)35(44)46-37(4,5)6/h13-14,17,19-21,29-30H,7-12,15-16,18H2,1-6H3,(H,39,40)/t29-,30-/m0/s1. The number of likely N-dealkylation sites (tertiary alicyclic amines) is 2. The van der Waals surface area contributed by atoms with Gasteiger partial charge in [-0.1, -0.05) is 12.1 Å². The number of benzene rings is 1. The van der Waals surface area contributed by atoms with Gasteiger partial charge in [-0.15, -0.1) is 11.3 Å². The van der Waals surface area contributed by atoms with Crippen LogP contribution < -0.4 is 0 Å². The molecule has 1 aromatic carbocycles. The number of carbonyl (C=O) groups excluding carboxylic acids is 2. The molecule has 2 atom stereocenters. The molecule has 4 aliphatic rings. The molecular formula is C37H45N5O4S. The minimum absolute atomic E-state index is 0.00406. The summed E-state index contributed by atoms with van der Waals surface area (Å²) in [5, 5.41) is 0. The molecule has 0 saturated carbocycles. The van der Waals surface area contributed by atoms with Gasteiger partial charge in [0.05, 0.1) is 24.0 Å². The lowest BCUT2D eigenvalue weighted by atomic mass is 9.89. The number of aryl methyl sites for hydroxylation is 2. The second kappa shape index (κ2) is 12.0. The summed E-state index contributed by atoms with van der Waals surface area (Å²) < 4.78 is 11.4. The van der Waals surface area contributed by atoms with Crippen molar-refractivity contribution in [3.05, 3.63) is 58.5 Å². The largest absolute Gasteiger partial charge is 0.444 e. The summed E-state index contributed by atoms with van der Waals surface area (Å²) in [5.41, 5.74) is 7.34. The monoisotopic (exact) mass is 655 g/mol. The highest BCUT2D eigenvalue weighted by Gasteiger charge is 2.37. The van der Waals surface area contributed by atoms with Crippen molar-refractivity contribution < 1.29 is 19.1 Å². The predicted octanol–water partition coefficient (Wildman–Crippen LogP) is 8.56. The lowest BCUT2D eigenvalue weighted by Crippen LogP contribution is -2.43. The minimum Gasteiger partial charge on any atom is -0.444 e. The van der Waals surface area contributed by atoms with E-state index in [1.807, 2.05) is 70.2 Å². The molecular weight excluding hydrogens is 611 g/mol. The van der Waals surface area contributed by atoms with E-state index in [2.05, 4.69) is 29.2 Å². The van der Waals surface area contributed by atoms with Crippen molar-refractivity contribution in [3.8, 4) is 21.7 Å². The Bertz CT molecular complexity index is 1770. The summed E-state index contributed by atoms with van der Waals surface area (Å²) in [6.45, 7) is 12.8. The molecule has 7 rings (SSSR count). The fourth-order valence-electron chi connectivity index (χ4n) is 7.16. The molecule has 5 heterocycles. The molecule has 0 unspecified atom stereocenters. The molecule has 47 heavy (non-hydrogen) atoms. The molecule has 2 fully saturated rings. The van der Waals surface area contributed by atoms with Crippen molar-refractivity contribution in [2.24, 2.45) is 4.99 Å². The van der Waals surface area contributed by atoms with E-state index in [4.69, 9.17) is 19.5 Å². The quantitative estimate of drug-likeness (QED) is 0.304. The number of fused-ring (bicyclic) bond motifs is 3. The Morgan fingerprint density at radius 1 is 0.894 bits per heavy atom. The van der Waals surface area contributed by atoms with E-state index in [9.17, 15) is 9.59 Å². The maximum Gasteiger partial charge on any atom is 0.410 e. The number of thiophene rings is 1. The van der Waals surface area contributed by atoms with Gasteiger partial charge in [0.2, 0.25) is 0 Å². The maximum atomic E-state index is 12.9. The Kier molecular flexibility index (Phi) is 8.05. The average molecular weight is 656 g/mol. The fourth-order valence-corrected chi connectivity index (χ4v) is 8.43. The van der Waals surface area contributed by atoms with E-state index in [1.54, 1.807) is 4.90 Å². The Labute approximate surface area is 281 Å². The number of aromatic amines is 1. The van der Waals surface area contributed by atoms with Crippen molar-refractivity contribution in [1.82, 2.24) is 19.8 Å². The van der Waals surface area contributed by atoms with E-state index < -0.39 is 11.2 Å². The molecule has 2 saturated heterocycles. The minimum atomic E-state index is -0.531. The summed E-state index contributed by atoms with van der Waals surface area (Å²) in [6, 6.07) is 8.95. The molecule has 2 aromatic heterocycles. The van der Waals surface area contributed by atoms with Crippen LogP contribution in [0.5, 0.6) is 0 Å². The Balaban J connectivity index is 1.04. The SMILES string of the molecule is CC(C)(C)OC(=O)N1CCC[C@H]1C1=NC=C(c2cc3c(s2)-c2ccc(-c4cnc([C@@H]5CCCN5C(=O)OC(C)(C)C)[nH]4)cc2CC3)C1. The molecule has 0 bridgehead atoms. The van der Waals surface area contributed by atoms with Crippen LogP contribution in [0.25, 0.3) is 27.3 Å². The van der Waals surface area contributed by atoms with Crippen LogP contribution >= 0.6 is 11.3 Å². The summed E-state index contributed by atoms with van der Waals surface area (Å²) in [7, 11) is 0. The summed E-state index contributed by atoms with van der Waals surface area (Å²) in [6.07, 6.45) is 9.81. The molecule has 0 radical (unpaired) electrons. The number of amides is 2. The molecule has 2 amide bonds. The van der Waals surface area contributed by atoms with Gasteiger partial charge in [0.15, 0.2) is 0 Å². The number of nitrogens with zero attached hydrogens (tertiary/aromatic N) is 4. The van der Waals surface area contributed by atoms with Crippen LogP contribution in [0.2, 0.25) is 0 Å². The van der Waals surface area contributed by atoms with E-state index in [-0.39, 0.29) is 24.3 Å². The third-order valence-corrected chi connectivity index (χ3v) is 10.6. The van der Waals surface area contributed by atoms with Gasteiger partial charge in [0.1, 0.15) is 17.0 Å². The first kappa shape index (κ1) is 31.7. The van der Waals surface area contributed by atoms with Gasteiger partial charge in [0, 0.05) is 41.2 Å². The van der Waals surface area contributed by atoms with E-state index in [0.29, 0.717) is 13.1 Å². The smallest absolute Gasteiger partial charge is 0.410 e. The van der Waals surface area contributed by atoms with Crippen molar-refractivity contribution in [2.45, 2.75) is 110 Å². The van der Waals surface area contributed by atoms with Crippen LogP contribution in [-0.2, 0) is 22.3 Å². The van der Waals surface area contributed by atoms with E-state index >= 15 is 0 Å². The number of aromatic nitrogens is 2. The van der Waals surface area contributed by atoms with Gasteiger partial charge in [0.25, 0.3) is 0 Å². The van der Waals surface area contributed by atoms with Gasteiger partial charge in [-0.3, -0.25) is 14.8 Å². The molecule has 1 N–H and O–H groups in total. The average Bonchev–Trinajstić information content (AvgIpc) is 3.82. The van der Waals surface area contributed by atoms with Gasteiger partial charge in [-0.2, -0.15) is 0 Å². The van der Waals surface area contributed by atoms with Gasteiger partial charge >= 0.3 is 12.2 Å². The normalized spacial score (nSPS) is 21.0.